The van der Waals surface area contributed by atoms with Crippen LogP contribution in [0.4, 0.5) is 17.5 Å². The fourth-order valence-corrected chi connectivity index (χ4v) is 4.31. The Hall–Kier alpha value is -4.14. The monoisotopic (exact) mass is 445 g/mol. The number of hydrogen-bond donors (Lipinski definition) is 3. The maximum absolute atomic E-state index is 13.1. The minimum Gasteiger partial charge on any atom is -0.497 e. The number of benzene rings is 2. The third-order valence-corrected chi connectivity index (χ3v) is 6.04. The molecule has 2 aliphatic heterocycles. The molecule has 33 heavy (non-hydrogen) atoms. The van der Waals surface area contributed by atoms with Crippen LogP contribution in [0.3, 0.4) is 0 Å². The molecule has 0 unspecified atom stereocenters. The van der Waals surface area contributed by atoms with Crippen molar-refractivity contribution in [2.24, 2.45) is 0 Å². The van der Waals surface area contributed by atoms with Crippen LogP contribution in [0, 0.1) is 0 Å². The minimum absolute atomic E-state index is 0.129. The van der Waals surface area contributed by atoms with E-state index in [-0.39, 0.29) is 23.7 Å². The third kappa shape index (κ3) is 4.05. The van der Waals surface area contributed by atoms with Crippen LogP contribution in [0.5, 0.6) is 5.75 Å². The highest BCUT2D eigenvalue weighted by atomic mass is 16.5. The number of aromatic nitrogens is 2. The molecule has 2 aliphatic rings. The minimum atomic E-state index is -0.941. The Bertz CT molecular complexity index is 1280. The highest BCUT2D eigenvalue weighted by Crippen LogP contribution is 2.31. The van der Waals surface area contributed by atoms with E-state index < -0.39 is 17.4 Å². The van der Waals surface area contributed by atoms with Crippen molar-refractivity contribution in [1.82, 2.24) is 9.97 Å². The lowest BCUT2D eigenvalue weighted by atomic mass is 9.92. The van der Waals surface area contributed by atoms with Crippen LogP contribution < -0.4 is 25.8 Å². The number of amides is 2. The first-order chi connectivity index (χ1) is 16.0. The molecular formula is C24H23N5O4. The number of ether oxygens (including phenoxy) is 1. The molecule has 0 saturated heterocycles. The molecule has 1 atom stereocenters. The van der Waals surface area contributed by atoms with Gasteiger partial charge in [0.1, 0.15) is 11.6 Å². The van der Waals surface area contributed by atoms with E-state index in [1.807, 2.05) is 17.0 Å². The number of carbonyl (C=O) groups excluding carboxylic acids is 2. The number of hydrogen-bond acceptors (Lipinski definition) is 6. The Morgan fingerprint density at radius 1 is 1.12 bits per heavy atom. The van der Waals surface area contributed by atoms with Crippen LogP contribution in [-0.2, 0) is 22.6 Å². The third-order valence-electron chi connectivity index (χ3n) is 6.04. The molecule has 3 N–H and O–H groups in total. The summed E-state index contributed by atoms with van der Waals surface area (Å²) in [7, 11) is 1.56. The van der Waals surface area contributed by atoms with Gasteiger partial charge < -0.3 is 20.3 Å². The molecule has 2 aromatic carbocycles. The number of rotatable bonds is 4. The average Bonchev–Trinajstić information content (AvgIpc) is 2.83. The number of aromatic amines is 1. The molecular weight excluding hydrogens is 422 g/mol. The maximum atomic E-state index is 13.1. The van der Waals surface area contributed by atoms with Crippen LogP contribution in [0.25, 0.3) is 0 Å². The molecule has 5 rings (SSSR count). The van der Waals surface area contributed by atoms with Crippen LogP contribution in [0.15, 0.2) is 53.3 Å². The van der Waals surface area contributed by atoms with Crippen molar-refractivity contribution >= 4 is 29.3 Å². The second-order valence-electron chi connectivity index (χ2n) is 8.11. The summed E-state index contributed by atoms with van der Waals surface area (Å²) in [4.78, 5) is 47.7. The van der Waals surface area contributed by atoms with Gasteiger partial charge >= 0.3 is 0 Å². The van der Waals surface area contributed by atoms with Gasteiger partial charge in [-0.3, -0.25) is 19.4 Å². The van der Waals surface area contributed by atoms with Crippen molar-refractivity contribution in [3.05, 3.63) is 75.6 Å². The van der Waals surface area contributed by atoms with Crippen molar-refractivity contribution in [1.29, 1.82) is 0 Å². The van der Waals surface area contributed by atoms with Crippen molar-refractivity contribution in [3.8, 4) is 5.75 Å². The molecule has 0 aliphatic carbocycles. The summed E-state index contributed by atoms with van der Waals surface area (Å²) < 4.78 is 5.12. The van der Waals surface area contributed by atoms with Gasteiger partial charge in [0.2, 0.25) is 17.8 Å². The zero-order valence-corrected chi connectivity index (χ0v) is 18.1. The fourth-order valence-electron chi connectivity index (χ4n) is 4.31. The van der Waals surface area contributed by atoms with E-state index in [4.69, 9.17) is 4.74 Å². The predicted octanol–water partition coefficient (Wildman–Crippen LogP) is 2.41. The standard InChI is InChI=1S/C24H23N5O4/c1-33-17-8-6-16(7-9-17)25-22(31)18-12-19(30)26-21-20(18)23(32)28-24(27-21)29-11-10-14-4-2-3-5-15(14)13-29/h2-9,18H,10-13H2,1H3,(H,25,31)(H2,26,27,28,30,32)/t18-/m0/s1. The summed E-state index contributed by atoms with van der Waals surface area (Å²) in [6, 6.07) is 15.0. The Morgan fingerprint density at radius 3 is 2.64 bits per heavy atom. The van der Waals surface area contributed by atoms with Crippen LogP contribution in [0.2, 0.25) is 0 Å². The van der Waals surface area contributed by atoms with Crippen LogP contribution >= 0.6 is 0 Å². The van der Waals surface area contributed by atoms with E-state index in [2.05, 4.69) is 32.7 Å². The van der Waals surface area contributed by atoms with Crippen molar-refractivity contribution < 1.29 is 14.3 Å². The summed E-state index contributed by atoms with van der Waals surface area (Å²) in [5.41, 5.74) is 2.73. The van der Waals surface area contributed by atoms with Crippen LogP contribution in [0.1, 0.15) is 29.0 Å². The second kappa shape index (κ2) is 8.42. The summed E-state index contributed by atoms with van der Waals surface area (Å²) in [6.45, 7) is 1.29. The highest BCUT2D eigenvalue weighted by Gasteiger charge is 2.35. The molecule has 1 aromatic heterocycles. The van der Waals surface area contributed by atoms with E-state index in [9.17, 15) is 14.4 Å². The SMILES string of the molecule is COc1ccc(NC(=O)[C@H]2CC(=O)Nc3nc(N4CCc5ccccc5C4)[nH]c(=O)c32)cc1. The van der Waals surface area contributed by atoms with Gasteiger partial charge in [-0.25, -0.2) is 0 Å². The number of methoxy groups -OCH3 is 1. The Balaban J connectivity index is 1.42. The predicted molar refractivity (Wildman–Crippen MR) is 124 cm³/mol. The lowest BCUT2D eigenvalue weighted by molar-refractivity contribution is -0.123. The molecule has 0 bridgehead atoms. The summed E-state index contributed by atoms with van der Waals surface area (Å²) >= 11 is 0. The lowest BCUT2D eigenvalue weighted by Gasteiger charge is -2.30. The first-order valence-corrected chi connectivity index (χ1v) is 10.7. The Morgan fingerprint density at radius 2 is 1.88 bits per heavy atom. The average molecular weight is 445 g/mol. The highest BCUT2D eigenvalue weighted by molar-refractivity contribution is 6.04. The van der Waals surface area contributed by atoms with E-state index in [0.717, 1.165) is 6.42 Å². The number of H-pyrrole nitrogens is 1. The molecule has 0 saturated carbocycles. The lowest BCUT2D eigenvalue weighted by Crippen LogP contribution is -2.38. The number of fused-ring (bicyclic) bond motifs is 2. The summed E-state index contributed by atoms with van der Waals surface area (Å²) in [5.74, 6) is -0.565. The quantitative estimate of drug-likeness (QED) is 0.568. The van der Waals surface area contributed by atoms with Crippen molar-refractivity contribution in [3.63, 3.8) is 0 Å². The Kier molecular flexibility index (Phi) is 5.29. The molecule has 3 heterocycles. The van der Waals surface area contributed by atoms with Gasteiger partial charge in [-0.1, -0.05) is 24.3 Å². The molecule has 3 aromatic rings. The molecule has 168 valence electrons. The van der Waals surface area contributed by atoms with Gasteiger partial charge in [-0.05, 0) is 41.8 Å². The van der Waals surface area contributed by atoms with Crippen molar-refractivity contribution in [2.45, 2.75) is 25.3 Å². The summed E-state index contributed by atoms with van der Waals surface area (Å²) in [5, 5.41) is 5.45. The zero-order valence-electron chi connectivity index (χ0n) is 18.1. The van der Waals surface area contributed by atoms with Gasteiger partial charge in [-0.15, -0.1) is 0 Å². The van der Waals surface area contributed by atoms with Gasteiger partial charge in [0.05, 0.1) is 18.6 Å². The number of carbonyl (C=O) groups is 2. The normalized spacial score (nSPS) is 16.9. The van der Waals surface area contributed by atoms with Gasteiger partial charge in [0.25, 0.3) is 5.56 Å². The molecule has 0 radical (unpaired) electrons. The number of nitrogens with one attached hydrogen (secondary N) is 3. The second-order valence-corrected chi connectivity index (χ2v) is 8.11. The smallest absolute Gasteiger partial charge is 0.258 e. The molecule has 0 spiro atoms. The number of nitrogens with zero attached hydrogens (tertiary/aromatic N) is 2. The molecule has 2 amide bonds. The summed E-state index contributed by atoms with van der Waals surface area (Å²) in [6.07, 6.45) is 0.701. The van der Waals surface area contributed by atoms with E-state index in [1.54, 1.807) is 31.4 Å². The fraction of sp³-hybridized carbons (Fsp3) is 0.250. The molecule has 0 fully saturated rings. The topological polar surface area (TPSA) is 116 Å². The van der Waals surface area contributed by atoms with Gasteiger partial charge in [0.15, 0.2) is 0 Å². The first-order valence-electron chi connectivity index (χ1n) is 10.7. The largest absolute Gasteiger partial charge is 0.497 e. The van der Waals surface area contributed by atoms with Gasteiger partial charge in [0, 0.05) is 25.2 Å². The van der Waals surface area contributed by atoms with Crippen LogP contribution in [-0.4, -0.2) is 35.4 Å². The van der Waals surface area contributed by atoms with E-state index in [1.165, 1.54) is 11.1 Å². The zero-order chi connectivity index (χ0) is 22.9. The first kappa shape index (κ1) is 20.7. The van der Waals surface area contributed by atoms with Gasteiger partial charge in [-0.2, -0.15) is 4.98 Å². The van der Waals surface area contributed by atoms with E-state index in [0.29, 0.717) is 30.5 Å². The van der Waals surface area contributed by atoms with E-state index >= 15 is 0 Å². The number of anilines is 3. The Labute approximate surface area is 189 Å². The molecule has 9 nitrogen and oxygen atoms in total. The maximum Gasteiger partial charge on any atom is 0.258 e. The van der Waals surface area contributed by atoms with Crippen molar-refractivity contribution in [2.75, 3.05) is 29.2 Å². The molecule has 9 heteroatoms.